The molecule has 0 saturated heterocycles. The highest BCUT2D eigenvalue weighted by atomic mass is 32.2. The van der Waals surface area contributed by atoms with Crippen LogP contribution in [0.25, 0.3) is 0 Å². The summed E-state index contributed by atoms with van der Waals surface area (Å²) in [5.41, 5.74) is 3.09. The average Bonchev–Trinajstić information content (AvgIpc) is 2.94. The molecule has 5 heteroatoms. The van der Waals surface area contributed by atoms with Crippen LogP contribution in [0.15, 0.2) is 23.6 Å². The lowest BCUT2D eigenvalue weighted by Crippen LogP contribution is -2.07. The number of aromatic nitrogens is 3. The lowest BCUT2D eigenvalue weighted by Gasteiger charge is -2.07. The van der Waals surface area contributed by atoms with E-state index in [4.69, 9.17) is 0 Å². The molecule has 0 saturated carbocycles. The Kier molecular flexibility index (Phi) is 4.70. The molecule has 108 valence electrons. The zero-order valence-electron chi connectivity index (χ0n) is 12.5. The average molecular weight is 291 g/mol. The van der Waals surface area contributed by atoms with E-state index in [1.165, 1.54) is 11.8 Å². The van der Waals surface area contributed by atoms with Gasteiger partial charge in [-0.3, -0.25) is 4.79 Å². The molecule has 0 aliphatic heterocycles. The Bertz CT molecular complexity index is 613. The van der Waals surface area contributed by atoms with Crippen LogP contribution in [0.5, 0.6) is 0 Å². The van der Waals surface area contributed by atoms with Gasteiger partial charge in [-0.1, -0.05) is 18.7 Å². The second kappa shape index (κ2) is 6.31. The molecule has 20 heavy (non-hydrogen) atoms. The highest BCUT2D eigenvalue weighted by Gasteiger charge is 2.16. The first-order valence-electron chi connectivity index (χ1n) is 6.84. The summed E-state index contributed by atoms with van der Waals surface area (Å²) in [6.07, 6.45) is 4.71. The first-order valence-corrected chi connectivity index (χ1v) is 7.83. The Hall–Kier alpha value is -1.49. The van der Waals surface area contributed by atoms with Crippen LogP contribution < -0.4 is 0 Å². The van der Waals surface area contributed by atoms with Gasteiger partial charge in [0.05, 0.1) is 5.75 Å². The van der Waals surface area contributed by atoms with E-state index >= 15 is 0 Å². The largest absolute Gasteiger partial charge is 0.348 e. The van der Waals surface area contributed by atoms with Gasteiger partial charge < -0.3 is 9.13 Å². The van der Waals surface area contributed by atoms with Crippen LogP contribution in [0.4, 0.5) is 0 Å². The number of rotatable bonds is 6. The molecule has 2 heterocycles. The molecule has 0 unspecified atom stereocenters. The van der Waals surface area contributed by atoms with Gasteiger partial charge in [-0.05, 0) is 26.3 Å². The number of hydrogen-bond acceptors (Lipinski definition) is 3. The van der Waals surface area contributed by atoms with Crippen LogP contribution in [-0.2, 0) is 13.6 Å². The molecule has 0 N–H and O–H groups in total. The monoisotopic (exact) mass is 291 g/mol. The molecule has 2 rings (SSSR count). The number of carbonyl (C=O) groups is 1. The second-order valence-electron chi connectivity index (χ2n) is 4.97. The minimum absolute atomic E-state index is 0.174. The maximum atomic E-state index is 12.4. The van der Waals surface area contributed by atoms with Crippen molar-refractivity contribution < 1.29 is 4.79 Å². The molecule has 0 radical (unpaired) electrons. The molecule has 2 aromatic rings. The predicted molar refractivity (Wildman–Crippen MR) is 82.5 cm³/mol. The van der Waals surface area contributed by atoms with Crippen LogP contribution >= 0.6 is 11.8 Å². The highest BCUT2D eigenvalue weighted by Crippen LogP contribution is 2.20. The molecule has 0 aliphatic rings. The van der Waals surface area contributed by atoms with E-state index in [0.29, 0.717) is 5.75 Å². The summed E-state index contributed by atoms with van der Waals surface area (Å²) in [5, 5.41) is 0.876. The van der Waals surface area contributed by atoms with Crippen molar-refractivity contribution in [3.05, 3.63) is 35.4 Å². The van der Waals surface area contributed by atoms with Gasteiger partial charge in [0.15, 0.2) is 10.9 Å². The van der Waals surface area contributed by atoms with E-state index in [9.17, 15) is 4.79 Å². The molecular formula is C15H21N3OS. The molecular weight excluding hydrogens is 270 g/mol. The van der Waals surface area contributed by atoms with Crippen molar-refractivity contribution in [3.8, 4) is 0 Å². The number of imidazole rings is 1. The minimum Gasteiger partial charge on any atom is -0.348 e. The molecule has 0 aromatic carbocycles. The summed E-state index contributed by atoms with van der Waals surface area (Å²) < 4.78 is 4.15. The number of nitrogens with zero attached hydrogens (tertiary/aromatic N) is 3. The normalized spacial score (nSPS) is 11.0. The smallest absolute Gasteiger partial charge is 0.175 e. The fourth-order valence-corrected chi connectivity index (χ4v) is 3.17. The summed E-state index contributed by atoms with van der Waals surface area (Å²) in [4.78, 5) is 16.6. The van der Waals surface area contributed by atoms with E-state index in [1.54, 1.807) is 6.20 Å². The van der Waals surface area contributed by atoms with Gasteiger partial charge in [0, 0.05) is 42.9 Å². The summed E-state index contributed by atoms with van der Waals surface area (Å²) in [6.45, 7) is 7.21. The zero-order valence-corrected chi connectivity index (χ0v) is 13.3. The SMILES string of the molecule is CCCn1c(C)cc(C(=O)CSc2nccn2C)c1C. The number of hydrogen-bond donors (Lipinski definition) is 0. The van der Waals surface area contributed by atoms with Gasteiger partial charge in [0.25, 0.3) is 0 Å². The topological polar surface area (TPSA) is 39.8 Å². The third-order valence-electron chi connectivity index (χ3n) is 3.43. The first kappa shape index (κ1) is 14.9. The lowest BCUT2D eigenvalue weighted by molar-refractivity contribution is 0.102. The molecule has 0 aliphatic carbocycles. The van der Waals surface area contributed by atoms with Gasteiger partial charge in [-0.2, -0.15) is 0 Å². The van der Waals surface area contributed by atoms with Crippen molar-refractivity contribution in [2.24, 2.45) is 7.05 Å². The summed E-state index contributed by atoms with van der Waals surface area (Å²) >= 11 is 1.49. The van der Waals surface area contributed by atoms with Crippen molar-refractivity contribution in [2.45, 2.75) is 38.9 Å². The Labute approximate surface area is 124 Å². The number of Topliss-reactive ketones (excluding diaryl/α,β-unsaturated/α-hetero) is 1. The van der Waals surface area contributed by atoms with E-state index in [1.807, 2.05) is 30.8 Å². The first-order chi connectivity index (χ1) is 9.54. The Balaban J connectivity index is 2.10. The second-order valence-corrected chi connectivity index (χ2v) is 5.91. The van der Waals surface area contributed by atoms with Crippen molar-refractivity contribution in [1.29, 1.82) is 0 Å². The lowest BCUT2D eigenvalue weighted by atomic mass is 10.2. The van der Waals surface area contributed by atoms with Gasteiger partial charge in [0.2, 0.25) is 0 Å². The van der Waals surface area contributed by atoms with Crippen LogP contribution in [0.1, 0.15) is 35.1 Å². The van der Waals surface area contributed by atoms with Crippen LogP contribution in [0, 0.1) is 13.8 Å². The molecule has 0 fully saturated rings. The number of aryl methyl sites for hydroxylation is 2. The fourth-order valence-electron chi connectivity index (χ4n) is 2.35. The Morgan fingerprint density at radius 3 is 2.75 bits per heavy atom. The zero-order chi connectivity index (χ0) is 14.7. The third kappa shape index (κ3) is 2.98. The van der Waals surface area contributed by atoms with E-state index in [2.05, 4.69) is 23.4 Å². The van der Waals surface area contributed by atoms with Gasteiger partial charge in [-0.25, -0.2) is 4.98 Å². The van der Waals surface area contributed by atoms with Crippen molar-refractivity contribution in [2.75, 3.05) is 5.75 Å². The standard InChI is InChI=1S/C15H21N3OS/c1-5-7-18-11(2)9-13(12(18)3)14(19)10-20-15-16-6-8-17(15)4/h6,8-9H,5,7,10H2,1-4H3. The van der Waals surface area contributed by atoms with Crippen LogP contribution in [0.3, 0.4) is 0 Å². The Morgan fingerprint density at radius 2 is 2.15 bits per heavy atom. The van der Waals surface area contributed by atoms with Crippen molar-refractivity contribution in [1.82, 2.24) is 14.1 Å². The highest BCUT2D eigenvalue weighted by molar-refractivity contribution is 7.99. The van der Waals surface area contributed by atoms with Gasteiger partial charge >= 0.3 is 0 Å². The molecule has 0 bridgehead atoms. The number of ketones is 1. The predicted octanol–water partition coefficient (Wildman–Crippen LogP) is 3.22. The number of thioether (sulfide) groups is 1. The maximum absolute atomic E-state index is 12.4. The minimum atomic E-state index is 0.174. The van der Waals surface area contributed by atoms with E-state index < -0.39 is 0 Å². The number of carbonyl (C=O) groups excluding carboxylic acids is 1. The van der Waals surface area contributed by atoms with Crippen molar-refractivity contribution >= 4 is 17.5 Å². The molecule has 4 nitrogen and oxygen atoms in total. The van der Waals surface area contributed by atoms with Gasteiger partial charge in [-0.15, -0.1) is 0 Å². The van der Waals surface area contributed by atoms with E-state index in [0.717, 1.165) is 35.1 Å². The van der Waals surface area contributed by atoms with Gasteiger partial charge in [0.1, 0.15) is 0 Å². The maximum Gasteiger partial charge on any atom is 0.175 e. The fraction of sp³-hybridized carbons (Fsp3) is 0.467. The molecule has 0 atom stereocenters. The molecule has 0 amide bonds. The molecule has 2 aromatic heterocycles. The summed E-state index contributed by atoms with van der Waals surface area (Å²) in [6, 6.07) is 2.01. The third-order valence-corrected chi connectivity index (χ3v) is 4.49. The quantitative estimate of drug-likeness (QED) is 0.606. The summed E-state index contributed by atoms with van der Waals surface area (Å²) in [5.74, 6) is 0.606. The van der Waals surface area contributed by atoms with E-state index in [-0.39, 0.29) is 5.78 Å². The van der Waals surface area contributed by atoms with Crippen LogP contribution in [0.2, 0.25) is 0 Å². The van der Waals surface area contributed by atoms with Crippen LogP contribution in [-0.4, -0.2) is 25.7 Å². The molecule has 0 spiro atoms. The summed E-state index contributed by atoms with van der Waals surface area (Å²) in [7, 11) is 1.94. The Morgan fingerprint density at radius 1 is 1.40 bits per heavy atom. The van der Waals surface area contributed by atoms with Crippen molar-refractivity contribution in [3.63, 3.8) is 0 Å².